The molecule has 0 bridgehead atoms. The minimum atomic E-state index is -1.06. The summed E-state index contributed by atoms with van der Waals surface area (Å²) in [4.78, 5) is 26.4. The lowest BCUT2D eigenvalue weighted by atomic mass is 10.2. The third kappa shape index (κ3) is 2.55. The van der Waals surface area contributed by atoms with E-state index in [9.17, 15) is 14.9 Å². The first kappa shape index (κ1) is 12.3. The molecule has 0 unspecified atom stereocenters. The quantitative estimate of drug-likeness (QED) is 0.627. The zero-order valence-corrected chi connectivity index (χ0v) is 9.87. The summed E-state index contributed by atoms with van der Waals surface area (Å²) in [5.41, 5.74) is 0.720. The summed E-state index contributed by atoms with van der Waals surface area (Å²) in [6.07, 6.45) is 3.66. The molecular weight excluding hydrogens is 238 g/mol. The minimum Gasteiger partial charge on any atom is -0.480 e. The predicted octanol–water partition coefficient (Wildman–Crippen LogP) is 1.39. The van der Waals surface area contributed by atoms with E-state index in [0.717, 1.165) is 18.4 Å². The maximum absolute atomic E-state index is 11.0. The number of carbonyl (C=O) groups is 1. The van der Waals surface area contributed by atoms with Crippen molar-refractivity contribution in [3.05, 3.63) is 27.9 Å². The van der Waals surface area contributed by atoms with Crippen molar-refractivity contribution in [1.82, 2.24) is 4.98 Å². The van der Waals surface area contributed by atoms with Crippen LogP contribution in [0.4, 0.5) is 11.5 Å². The molecule has 1 aromatic rings. The van der Waals surface area contributed by atoms with Crippen molar-refractivity contribution >= 4 is 17.5 Å². The molecule has 7 nitrogen and oxygen atoms in total. The number of hydrogen-bond donors (Lipinski definition) is 1. The molecule has 0 aromatic carbocycles. The molecule has 96 valence electrons. The molecule has 0 radical (unpaired) electrons. The molecule has 1 aliphatic carbocycles. The average Bonchev–Trinajstić information content (AvgIpc) is 3.11. The van der Waals surface area contributed by atoms with Gasteiger partial charge in [-0.2, -0.15) is 0 Å². The molecular formula is C11H13N3O4. The van der Waals surface area contributed by atoms with Crippen LogP contribution in [-0.4, -0.2) is 34.6 Å². The summed E-state index contributed by atoms with van der Waals surface area (Å²) in [6, 6.07) is 1.50. The molecule has 1 saturated carbocycles. The van der Waals surface area contributed by atoms with E-state index in [1.807, 2.05) is 0 Å². The van der Waals surface area contributed by atoms with Crippen molar-refractivity contribution in [1.29, 1.82) is 0 Å². The molecule has 1 heterocycles. The van der Waals surface area contributed by atoms with Gasteiger partial charge in [0.25, 0.3) is 0 Å². The normalized spacial score (nSPS) is 14.3. The van der Waals surface area contributed by atoms with Gasteiger partial charge < -0.3 is 10.0 Å². The van der Waals surface area contributed by atoms with Crippen LogP contribution >= 0.6 is 0 Å². The largest absolute Gasteiger partial charge is 0.480 e. The van der Waals surface area contributed by atoms with Crippen LogP contribution in [0.3, 0.4) is 0 Å². The molecule has 2 rings (SSSR count). The number of hydrogen-bond acceptors (Lipinski definition) is 5. The number of aromatic nitrogens is 1. The minimum absolute atomic E-state index is 0.0896. The van der Waals surface area contributed by atoms with Crippen LogP contribution in [0.2, 0.25) is 0 Å². The summed E-state index contributed by atoms with van der Waals surface area (Å²) in [6.45, 7) is -0.323. The molecule has 1 N–H and O–H groups in total. The first-order valence-corrected chi connectivity index (χ1v) is 5.56. The summed E-state index contributed by atoms with van der Waals surface area (Å²) >= 11 is 0. The van der Waals surface area contributed by atoms with E-state index in [4.69, 9.17) is 5.11 Å². The van der Waals surface area contributed by atoms with E-state index in [1.165, 1.54) is 18.0 Å². The standard InChI is InChI=1S/C11H13N3O4/c1-13(6-10(15)16)11-9(14(17)18)4-8(5-12-11)7-2-3-7/h4-5,7H,2-3,6H2,1H3,(H,15,16). The van der Waals surface area contributed by atoms with Crippen LogP contribution in [-0.2, 0) is 4.79 Å². The van der Waals surface area contributed by atoms with E-state index in [1.54, 1.807) is 6.20 Å². The van der Waals surface area contributed by atoms with Gasteiger partial charge in [-0.25, -0.2) is 4.98 Å². The van der Waals surface area contributed by atoms with Gasteiger partial charge in [0.05, 0.1) is 4.92 Å². The third-order valence-corrected chi connectivity index (χ3v) is 2.85. The van der Waals surface area contributed by atoms with Gasteiger partial charge in [-0.15, -0.1) is 0 Å². The highest BCUT2D eigenvalue weighted by atomic mass is 16.6. The van der Waals surface area contributed by atoms with Crippen molar-refractivity contribution in [2.75, 3.05) is 18.5 Å². The highest BCUT2D eigenvalue weighted by Crippen LogP contribution is 2.41. The lowest BCUT2D eigenvalue weighted by molar-refractivity contribution is -0.384. The predicted molar refractivity (Wildman–Crippen MR) is 63.8 cm³/mol. The Kier molecular flexibility index (Phi) is 3.14. The second-order valence-corrected chi connectivity index (χ2v) is 4.39. The monoisotopic (exact) mass is 251 g/mol. The highest BCUT2D eigenvalue weighted by molar-refractivity contribution is 5.74. The Morgan fingerprint density at radius 3 is 2.83 bits per heavy atom. The molecule has 1 aromatic heterocycles. The number of likely N-dealkylation sites (N-methyl/N-ethyl adjacent to an activating group) is 1. The number of aliphatic carboxylic acids is 1. The van der Waals surface area contributed by atoms with Crippen molar-refractivity contribution in [2.45, 2.75) is 18.8 Å². The number of nitro groups is 1. The fourth-order valence-corrected chi connectivity index (χ4v) is 1.81. The van der Waals surface area contributed by atoms with E-state index < -0.39 is 10.9 Å². The molecule has 7 heteroatoms. The van der Waals surface area contributed by atoms with E-state index >= 15 is 0 Å². The Morgan fingerprint density at radius 1 is 1.67 bits per heavy atom. The number of rotatable bonds is 5. The number of carboxylic acids is 1. The Morgan fingerprint density at radius 2 is 2.33 bits per heavy atom. The van der Waals surface area contributed by atoms with Crippen LogP contribution in [0.5, 0.6) is 0 Å². The van der Waals surface area contributed by atoms with Gasteiger partial charge in [-0.3, -0.25) is 14.9 Å². The Labute approximate surface area is 103 Å². The van der Waals surface area contributed by atoms with Crippen LogP contribution in [0, 0.1) is 10.1 Å². The Bertz CT molecular complexity index is 499. The summed E-state index contributed by atoms with van der Waals surface area (Å²) in [7, 11) is 1.47. The molecule has 0 aliphatic heterocycles. The van der Waals surface area contributed by atoms with Gasteiger partial charge in [0, 0.05) is 19.3 Å². The summed E-state index contributed by atoms with van der Waals surface area (Å²) < 4.78 is 0. The SMILES string of the molecule is CN(CC(=O)O)c1ncc(C2CC2)cc1[N+](=O)[O-]. The molecule has 0 amide bonds. The van der Waals surface area contributed by atoms with Crippen LogP contribution in [0.25, 0.3) is 0 Å². The van der Waals surface area contributed by atoms with Gasteiger partial charge in [0.2, 0.25) is 5.82 Å². The molecule has 1 fully saturated rings. The van der Waals surface area contributed by atoms with Gasteiger partial charge in [0.15, 0.2) is 0 Å². The Balaban J connectivity index is 2.33. The van der Waals surface area contributed by atoms with Crippen LogP contribution < -0.4 is 4.90 Å². The fourth-order valence-electron chi connectivity index (χ4n) is 1.81. The van der Waals surface area contributed by atoms with E-state index in [0.29, 0.717) is 5.92 Å². The fraction of sp³-hybridized carbons (Fsp3) is 0.455. The highest BCUT2D eigenvalue weighted by Gasteiger charge is 2.28. The second kappa shape index (κ2) is 4.59. The topological polar surface area (TPSA) is 96.6 Å². The van der Waals surface area contributed by atoms with Gasteiger partial charge in [-0.1, -0.05) is 0 Å². The van der Waals surface area contributed by atoms with Crippen molar-refractivity contribution in [2.24, 2.45) is 0 Å². The average molecular weight is 251 g/mol. The van der Waals surface area contributed by atoms with Crippen molar-refractivity contribution in [3.8, 4) is 0 Å². The van der Waals surface area contributed by atoms with Gasteiger partial charge >= 0.3 is 11.7 Å². The second-order valence-electron chi connectivity index (χ2n) is 4.39. The molecule has 18 heavy (non-hydrogen) atoms. The first-order chi connectivity index (χ1) is 8.49. The number of nitrogens with zero attached hydrogens (tertiary/aromatic N) is 3. The molecule has 0 saturated heterocycles. The summed E-state index contributed by atoms with van der Waals surface area (Å²) in [5, 5.41) is 19.7. The number of carboxylic acid groups (broad SMARTS) is 1. The van der Waals surface area contributed by atoms with Crippen LogP contribution in [0.15, 0.2) is 12.3 Å². The van der Waals surface area contributed by atoms with Crippen LogP contribution in [0.1, 0.15) is 24.3 Å². The number of anilines is 1. The maximum Gasteiger partial charge on any atom is 0.323 e. The molecule has 0 atom stereocenters. The first-order valence-electron chi connectivity index (χ1n) is 5.56. The zero-order valence-electron chi connectivity index (χ0n) is 9.87. The smallest absolute Gasteiger partial charge is 0.323 e. The Hall–Kier alpha value is -2.18. The van der Waals surface area contributed by atoms with Gasteiger partial charge in [0.1, 0.15) is 6.54 Å². The van der Waals surface area contributed by atoms with E-state index in [-0.39, 0.29) is 18.1 Å². The molecule has 1 aliphatic rings. The van der Waals surface area contributed by atoms with Crippen molar-refractivity contribution in [3.63, 3.8) is 0 Å². The third-order valence-electron chi connectivity index (χ3n) is 2.85. The number of pyridine rings is 1. The van der Waals surface area contributed by atoms with Crippen molar-refractivity contribution < 1.29 is 14.8 Å². The van der Waals surface area contributed by atoms with Gasteiger partial charge in [-0.05, 0) is 24.3 Å². The van der Waals surface area contributed by atoms with E-state index in [2.05, 4.69) is 4.98 Å². The molecule has 0 spiro atoms. The zero-order chi connectivity index (χ0) is 13.3. The maximum atomic E-state index is 11.0. The summed E-state index contributed by atoms with van der Waals surface area (Å²) in [5.74, 6) is -0.596. The lowest BCUT2D eigenvalue weighted by Crippen LogP contribution is -2.26. The lowest BCUT2D eigenvalue weighted by Gasteiger charge is -2.15.